The number of methoxy groups -OCH3 is 2. The normalized spacial score (nSPS) is 10.1. The Labute approximate surface area is 158 Å². The largest absolute Gasteiger partial charge is 0.497 e. The van der Waals surface area contributed by atoms with Gasteiger partial charge in [-0.2, -0.15) is 5.26 Å². The number of nitrogens with one attached hydrogen (secondary N) is 2. The van der Waals surface area contributed by atoms with E-state index >= 15 is 0 Å². The van der Waals surface area contributed by atoms with E-state index in [4.69, 9.17) is 19.5 Å². The summed E-state index contributed by atoms with van der Waals surface area (Å²) in [6, 6.07) is 12.3. The summed E-state index contributed by atoms with van der Waals surface area (Å²) in [5.41, 5.74) is 1.56. The van der Waals surface area contributed by atoms with Crippen molar-refractivity contribution in [2.45, 2.75) is 20.0 Å². The Bertz CT molecular complexity index is 844. The molecule has 2 aromatic carbocycles. The Hall–Kier alpha value is -3.40. The van der Waals surface area contributed by atoms with E-state index in [0.717, 1.165) is 0 Å². The van der Waals surface area contributed by atoms with E-state index in [1.165, 1.54) is 7.11 Å². The van der Waals surface area contributed by atoms with Crippen LogP contribution in [0, 0.1) is 11.3 Å². The van der Waals surface area contributed by atoms with Gasteiger partial charge in [-0.1, -0.05) is 0 Å². The highest BCUT2D eigenvalue weighted by Crippen LogP contribution is 2.29. The van der Waals surface area contributed by atoms with Crippen molar-refractivity contribution in [2.75, 3.05) is 31.4 Å². The maximum absolute atomic E-state index is 12.4. The van der Waals surface area contributed by atoms with Crippen molar-refractivity contribution >= 4 is 17.3 Å². The van der Waals surface area contributed by atoms with Crippen molar-refractivity contribution in [1.82, 2.24) is 0 Å². The van der Waals surface area contributed by atoms with Crippen molar-refractivity contribution in [3.05, 3.63) is 42.0 Å². The smallest absolute Gasteiger partial charge is 0.243 e. The number of hydrogen-bond donors (Lipinski definition) is 2. The quantitative estimate of drug-likeness (QED) is 0.741. The molecule has 142 valence electrons. The van der Waals surface area contributed by atoms with Gasteiger partial charge in [-0.15, -0.1) is 0 Å². The average Bonchev–Trinajstić information content (AvgIpc) is 2.66. The molecule has 0 bridgehead atoms. The molecular weight excluding hydrogens is 346 g/mol. The molecule has 7 heteroatoms. The molecular formula is C20H23N3O4. The Morgan fingerprint density at radius 2 is 1.81 bits per heavy atom. The number of nitriles is 1. The summed E-state index contributed by atoms with van der Waals surface area (Å²) in [6.07, 6.45) is -0.0339. The minimum atomic E-state index is -0.278. The molecule has 1 amide bonds. The fraction of sp³-hybridized carbons (Fsp3) is 0.300. The molecule has 0 spiro atoms. The van der Waals surface area contributed by atoms with E-state index in [9.17, 15) is 4.79 Å². The van der Waals surface area contributed by atoms with Crippen LogP contribution in [0.1, 0.15) is 19.4 Å². The first kappa shape index (κ1) is 19.9. The summed E-state index contributed by atoms with van der Waals surface area (Å²) in [4.78, 5) is 12.4. The number of carbonyl (C=O) groups is 1. The molecule has 0 aromatic heterocycles. The van der Waals surface area contributed by atoms with Gasteiger partial charge >= 0.3 is 0 Å². The SMILES string of the molecule is COc1ccc(OC)c(NC(=O)CNc2cc(C#N)ccc2OC(C)C)c1. The lowest BCUT2D eigenvalue weighted by atomic mass is 10.2. The molecule has 27 heavy (non-hydrogen) atoms. The number of hydrogen-bond acceptors (Lipinski definition) is 6. The van der Waals surface area contributed by atoms with Gasteiger partial charge in [0.2, 0.25) is 5.91 Å². The molecule has 0 fully saturated rings. The monoisotopic (exact) mass is 369 g/mol. The molecule has 7 nitrogen and oxygen atoms in total. The van der Waals surface area contributed by atoms with Crippen molar-refractivity contribution in [1.29, 1.82) is 5.26 Å². The van der Waals surface area contributed by atoms with Crippen LogP contribution in [-0.4, -0.2) is 32.8 Å². The van der Waals surface area contributed by atoms with Gasteiger partial charge in [0.05, 0.1) is 49.9 Å². The minimum absolute atomic E-state index is 0.0102. The summed E-state index contributed by atoms with van der Waals surface area (Å²) in [7, 11) is 3.08. The van der Waals surface area contributed by atoms with Crippen molar-refractivity contribution in [2.24, 2.45) is 0 Å². The lowest BCUT2D eigenvalue weighted by Crippen LogP contribution is -2.22. The van der Waals surface area contributed by atoms with E-state index < -0.39 is 0 Å². The Kier molecular flexibility index (Phi) is 6.89. The van der Waals surface area contributed by atoms with Crippen molar-refractivity contribution in [3.8, 4) is 23.3 Å². The second-order valence-corrected chi connectivity index (χ2v) is 5.96. The lowest BCUT2D eigenvalue weighted by molar-refractivity contribution is -0.114. The molecule has 0 heterocycles. The Morgan fingerprint density at radius 1 is 1.07 bits per heavy atom. The zero-order valence-corrected chi connectivity index (χ0v) is 15.8. The Balaban J connectivity index is 2.11. The van der Waals surface area contributed by atoms with Crippen LogP contribution in [0.4, 0.5) is 11.4 Å². The van der Waals surface area contributed by atoms with Gasteiger partial charge in [-0.05, 0) is 44.2 Å². The molecule has 0 saturated carbocycles. The second kappa shape index (κ2) is 9.34. The van der Waals surface area contributed by atoms with Crippen molar-refractivity contribution in [3.63, 3.8) is 0 Å². The van der Waals surface area contributed by atoms with E-state index in [1.807, 2.05) is 13.8 Å². The van der Waals surface area contributed by atoms with Gasteiger partial charge in [-0.3, -0.25) is 4.79 Å². The number of carbonyl (C=O) groups excluding carboxylic acids is 1. The summed E-state index contributed by atoms with van der Waals surface area (Å²) in [5.74, 6) is 1.43. The minimum Gasteiger partial charge on any atom is -0.497 e. The van der Waals surface area contributed by atoms with Gasteiger partial charge in [0.15, 0.2) is 0 Å². The molecule has 2 rings (SSSR count). The van der Waals surface area contributed by atoms with Crippen LogP contribution >= 0.6 is 0 Å². The van der Waals surface area contributed by atoms with E-state index in [-0.39, 0.29) is 18.6 Å². The van der Waals surface area contributed by atoms with Crippen LogP contribution in [0.5, 0.6) is 17.2 Å². The molecule has 2 aromatic rings. The number of ether oxygens (including phenoxy) is 3. The summed E-state index contributed by atoms with van der Waals surface area (Å²) >= 11 is 0. The highest BCUT2D eigenvalue weighted by atomic mass is 16.5. The fourth-order valence-corrected chi connectivity index (χ4v) is 2.38. The third-order valence-electron chi connectivity index (χ3n) is 3.59. The number of rotatable bonds is 8. The Morgan fingerprint density at radius 3 is 2.44 bits per heavy atom. The van der Waals surface area contributed by atoms with Crippen LogP contribution in [0.25, 0.3) is 0 Å². The first-order valence-corrected chi connectivity index (χ1v) is 8.43. The molecule has 0 unspecified atom stereocenters. The van der Waals surface area contributed by atoms with Crippen LogP contribution < -0.4 is 24.8 Å². The number of benzene rings is 2. The number of amides is 1. The zero-order chi connectivity index (χ0) is 19.8. The first-order chi connectivity index (χ1) is 13.0. The molecule has 0 radical (unpaired) electrons. The maximum atomic E-state index is 12.4. The van der Waals surface area contributed by atoms with Crippen LogP contribution in [0.2, 0.25) is 0 Å². The third-order valence-corrected chi connectivity index (χ3v) is 3.59. The fourth-order valence-electron chi connectivity index (χ4n) is 2.38. The van der Waals surface area contributed by atoms with Crippen LogP contribution in [0.3, 0.4) is 0 Å². The third kappa shape index (κ3) is 5.54. The van der Waals surface area contributed by atoms with Gasteiger partial charge < -0.3 is 24.8 Å². The first-order valence-electron chi connectivity index (χ1n) is 8.43. The molecule has 0 aliphatic carbocycles. The molecule has 0 aliphatic heterocycles. The van der Waals surface area contributed by atoms with Gasteiger partial charge in [0, 0.05) is 6.07 Å². The topological polar surface area (TPSA) is 92.6 Å². The van der Waals surface area contributed by atoms with E-state index in [0.29, 0.717) is 34.2 Å². The average molecular weight is 369 g/mol. The molecule has 0 aliphatic rings. The highest BCUT2D eigenvalue weighted by molar-refractivity contribution is 5.95. The van der Waals surface area contributed by atoms with Gasteiger partial charge in [0.1, 0.15) is 17.2 Å². The summed E-state index contributed by atoms with van der Waals surface area (Å²) in [5, 5.41) is 14.9. The summed E-state index contributed by atoms with van der Waals surface area (Å²) < 4.78 is 16.2. The van der Waals surface area contributed by atoms with Crippen LogP contribution in [-0.2, 0) is 4.79 Å². The zero-order valence-electron chi connectivity index (χ0n) is 15.8. The molecule has 0 atom stereocenters. The van der Waals surface area contributed by atoms with E-state index in [2.05, 4.69) is 16.7 Å². The molecule has 0 saturated heterocycles. The standard InChI is InChI=1S/C20H23N3O4/c1-13(2)27-19-7-5-14(11-21)9-16(19)22-12-20(24)23-17-10-15(25-3)6-8-18(17)26-4/h5-10,13,22H,12H2,1-4H3,(H,23,24). The van der Waals surface area contributed by atoms with Crippen molar-refractivity contribution < 1.29 is 19.0 Å². The van der Waals surface area contributed by atoms with Gasteiger partial charge in [0.25, 0.3) is 0 Å². The number of nitrogens with zero attached hydrogens (tertiary/aromatic N) is 1. The number of anilines is 2. The van der Waals surface area contributed by atoms with Gasteiger partial charge in [-0.25, -0.2) is 0 Å². The van der Waals surface area contributed by atoms with E-state index in [1.54, 1.807) is 43.5 Å². The van der Waals surface area contributed by atoms with Crippen LogP contribution in [0.15, 0.2) is 36.4 Å². The predicted molar refractivity (Wildman–Crippen MR) is 104 cm³/mol. The molecule has 2 N–H and O–H groups in total. The summed E-state index contributed by atoms with van der Waals surface area (Å²) in [6.45, 7) is 3.80. The highest BCUT2D eigenvalue weighted by Gasteiger charge is 2.12. The lowest BCUT2D eigenvalue weighted by Gasteiger charge is -2.16. The predicted octanol–water partition coefficient (Wildman–Crippen LogP) is 3.41. The maximum Gasteiger partial charge on any atom is 0.243 e. The second-order valence-electron chi connectivity index (χ2n) is 5.96.